The number of anilines is 1. The third-order valence-electron chi connectivity index (χ3n) is 19.8. The number of ketones is 1. The molecule has 1 unspecified atom stereocenters. The van der Waals surface area contributed by atoms with E-state index in [0.29, 0.717) is 43.5 Å². The van der Waals surface area contributed by atoms with Crippen LogP contribution in [0.1, 0.15) is 157 Å². The number of Topliss-reactive ketones (excluding diaryl/α,β-unsaturated/α-hetero) is 1. The summed E-state index contributed by atoms with van der Waals surface area (Å²) in [6, 6.07) is 7.66. The number of nitrogens with zero attached hydrogens (tertiary/aromatic N) is 1. The molecule has 0 spiro atoms. The van der Waals surface area contributed by atoms with Gasteiger partial charge in [0.2, 0.25) is 5.91 Å². The zero-order chi connectivity index (χ0) is 47.3. The van der Waals surface area contributed by atoms with Crippen LogP contribution < -0.4 is 15.5 Å². The first-order valence-corrected chi connectivity index (χ1v) is 25.0. The number of amides is 2. The number of rotatable bonds is 11. The van der Waals surface area contributed by atoms with E-state index in [1.807, 2.05) is 52.0 Å². The molecule has 11 nitrogen and oxygen atoms in total. The van der Waals surface area contributed by atoms with E-state index in [1.165, 1.54) is 5.57 Å². The summed E-state index contributed by atoms with van der Waals surface area (Å²) in [7, 11) is 0. The molecule has 1 aliphatic heterocycles. The molecule has 2 amide bonds. The molecule has 1 heterocycles. The van der Waals surface area contributed by atoms with Crippen LogP contribution in [0.4, 0.5) is 5.69 Å². The van der Waals surface area contributed by atoms with Crippen LogP contribution in [0.5, 0.6) is 0 Å². The van der Waals surface area contributed by atoms with Gasteiger partial charge in [-0.1, -0.05) is 67.9 Å². The van der Waals surface area contributed by atoms with Crippen molar-refractivity contribution in [1.82, 2.24) is 10.6 Å². The first kappa shape index (κ1) is 47.8. The van der Waals surface area contributed by atoms with E-state index in [9.17, 15) is 29.1 Å². The van der Waals surface area contributed by atoms with E-state index in [-0.39, 0.29) is 76.1 Å². The summed E-state index contributed by atoms with van der Waals surface area (Å²) in [5.41, 5.74) is 1.81. The van der Waals surface area contributed by atoms with Crippen molar-refractivity contribution in [1.29, 1.82) is 0 Å². The molecular formula is C54H79N3O8. The molecule has 8 rings (SSSR count). The first-order valence-electron chi connectivity index (χ1n) is 25.0. The number of nitrogens with one attached hydrogen (secondary N) is 2. The molecular weight excluding hydrogens is 819 g/mol. The number of carbonyl (C=O) groups is 5. The third kappa shape index (κ3) is 7.77. The fourth-order valence-corrected chi connectivity index (χ4v) is 15.9. The lowest BCUT2D eigenvalue weighted by atomic mass is 9.33. The van der Waals surface area contributed by atoms with Crippen molar-refractivity contribution >= 4 is 35.2 Å². The Morgan fingerprint density at radius 1 is 0.846 bits per heavy atom. The second-order valence-electron chi connectivity index (χ2n) is 24.7. The van der Waals surface area contributed by atoms with Crippen LogP contribution in [0, 0.1) is 68.0 Å². The molecule has 6 aliphatic carbocycles. The molecule has 10 atom stereocenters. The van der Waals surface area contributed by atoms with Crippen molar-refractivity contribution in [3.8, 4) is 0 Å². The molecule has 11 heteroatoms. The normalized spacial score (nSPS) is 37.2. The minimum Gasteiger partial charge on any atom is -0.481 e. The molecule has 6 fully saturated rings. The van der Waals surface area contributed by atoms with Gasteiger partial charge in [-0.25, -0.2) is 0 Å². The predicted molar refractivity (Wildman–Crippen MR) is 251 cm³/mol. The minimum absolute atomic E-state index is 0.0166. The average Bonchev–Trinajstić information content (AvgIpc) is 3.52. The zero-order valence-corrected chi connectivity index (χ0v) is 41.4. The number of carboxylic acid groups (broad SMARTS) is 1. The van der Waals surface area contributed by atoms with Crippen LogP contribution in [0.15, 0.2) is 35.4 Å². The topological polar surface area (TPSA) is 151 Å². The Kier molecular flexibility index (Phi) is 12.1. The van der Waals surface area contributed by atoms with Gasteiger partial charge in [-0.15, -0.1) is 0 Å². The lowest BCUT2D eigenvalue weighted by molar-refractivity contribution is -0.236. The van der Waals surface area contributed by atoms with E-state index in [4.69, 9.17) is 9.47 Å². The van der Waals surface area contributed by atoms with E-state index in [1.54, 1.807) is 0 Å². The number of carbonyl (C=O) groups excluding carboxylic acids is 4. The lowest BCUT2D eigenvalue weighted by Crippen LogP contribution is -2.66. The lowest BCUT2D eigenvalue weighted by Gasteiger charge is -2.72. The summed E-state index contributed by atoms with van der Waals surface area (Å²) in [4.78, 5) is 69.7. The van der Waals surface area contributed by atoms with E-state index < -0.39 is 34.2 Å². The van der Waals surface area contributed by atoms with Gasteiger partial charge in [-0.2, -0.15) is 0 Å². The number of hydrogen-bond donors (Lipinski definition) is 3. The van der Waals surface area contributed by atoms with Gasteiger partial charge in [0.25, 0.3) is 5.91 Å². The first-order chi connectivity index (χ1) is 30.3. The van der Waals surface area contributed by atoms with Crippen LogP contribution in [-0.4, -0.2) is 79.1 Å². The highest BCUT2D eigenvalue weighted by Gasteiger charge is 2.70. The number of fused-ring (bicyclic) bond motifs is 7. The van der Waals surface area contributed by atoms with Crippen LogP contribution in [-0.2, 0) is 28.7 Å². The molecule has 1 saturated heterocycles. The maximum atomic E-state index is 14.3. The van der Waals surface area contributed by atoms with Crippen LogP contribution in [0.2, 0.25) is 0 Å². The molecule has 1 aromatic rings. The van der Waals surface area contributed by atoms with Gasteiger partial charge in [0.05, 0.1) is 30.6 Å². The molecule has 0 aromatic heterocycles. The maximum Gasteiger partial charge on any atom is 0.309 e. The number of benzene rings is 1. The number of hydrogen-bond acceptors (Lipinski definition) is 8. The molecule has 5 saturated carbocycles. The van der Waals surface area contributed by atoms with Crippen molar-refractivity contribution in [2.24, 2.45) is 68.0 Å². The Morgan fingerprint density at radius 2 is 1.52 bits per heavy atom. The van der Waals surface area contributed by atoms with Crippen molar-refractivity contribution in [3.05, 3.63) is 41.0 Å². The summed E-state index contributed by atoms with van der Waals surface area (Å²) in [5, 5.41) is 16.0. The summed E-state index contributed by atoms with van der Waals surface area (Å²) in [5.74, 6) is -0.945. The summed E-state index contributed by atoms with van der Waals surface area (Å²) in [6.45, 7) is 27.4. The highest BCUT2D eigenvalue weighted by molar-refractivity contribution is 6.01. The van der Waals surface area contributed by atoms with Crippen LogP contribution in [0.3, 0.4) is 0 Å². The molecule has 3 N–H and O–H groups in total. The highest BCUT2D eigenvalue weighted by Crippen LogP contribution is 2.77. The Hall–Kier alpha value is -3.73. The maximum absolute atomic E-state index is 14.3. The van der Waals surface area contributed by atoms with Gasteiger partial charge in [-0.05, 0) is 147 Å². The second kappa shape index (κ2) is 16.5. The van der Waals surface area contributed by atoms with Crippen molar-refractivity contribution in [3.63, 3.8) is 0 Å². The molecule has 0 bridgehead atoms. The quantitative estimate of drug-likeness (QED) is 0.185. The van der Waals surface area contributed by atoms with E-state index in [2.05, 4.69) is 64.0 Å². The zero-order valence-electron chi connectivity index (χ0n) is 41.4. The molecule has 358 valence electrons. The van der Waals surface area contributed by atoms with Gasteiger partial charge in [0.1, 0.15) is 6.10 Å². The van der Waals surface area contributed by atoms with E-state index in [0.717, 1.165) is 75.7 Å². The monoisotopic (exact) mass is 898 g/mol. The van der Waals surface area contributed by atoms with Crippen LogP contribution in [0.25, 0.3) is 0 Å². The van der Waals surface area contributed by atoms with E-state index >= 15 is 0 Å². The van der Waals surface area contributed by atoms with Gasteiger partial charge in [0.15, 0.2) is 5.78 Å². The number of allylic oxidation sites excluding steroid dienone is 2. The van der Waals surface area contributed by atoms with Gasteiger partial charge >= 0.3 is 11.9 Å². The Labute approximate surface area is 388 Å². The van der Waals surface area contributed by atoms with Crippen molar-refractivity contribution in [2.45, 2.75) is 158 Å². The van der Waals surface area contributed by atoms with Crippen molar-refractivity contribution < 1.29 is 38.6 Å². The highest BCUT2D eigenvalue weighted by atomic mass is 16.5. The minimum atomic E-state index is -0.840. The number of carboxylic acids is 1. The number of ether oxygens (including phenoxy) is 2. The summed E-state index contributed by atoms with van der Waals surface area (Å²) < 4.78 is 11.9. The van der Waals surface area contributed by atoms with Crippen molar-refractivity contribution in [2.75, 3.05) is 37.7 Å². The molecule has 65 heavy (non-hydrogen) atoms. The third-order valence-corrected chi connectivity index (χ3v) is 19.8. The average molecular weight is 898 g/mol. The fourth-order valence-electron chi connectivity index (χ4n) is 15.9. The number of morpholine rings is 1. The van der Waals surface area contributed by atoms with Gasteiger partial charge < -0.3 is 30.1 Å². The number of aliphatic carboxylic acids is 1. The Balaban J connectivity index is 0.955. The fraction of sp³-hybridized carbons (Fsp3) is 0.759. The Bertz CT molecular complexity index is 2120. The SMILES string of the molecule is CC(C)C1=C2C3CC[C@@H]4[C@@]5(C)CC[C@H](OC(=O)[C@H]6C[C@@H](C(=O)O)C6(C)C)C(C)(C)[C@@H]5CC[C@@]4(C)[C@]3(C)CC[C@@]2(CC(=O)NCC(C)(C)NC(=O)c2ccc(N3CCOCC3)cc2)CC1=O. The number of esters is 1. The van der Waals surface area contributed by atoms with Gasteiger partial charge in [-0.3, -0.25) is 24.0 Å². The summed E-state index contributed by atoms with van der Waals surface area (Å²) >= 11 is 0. The predicted octanol–water partition coefficient (Wildman–Crippen LogP) is 9.18. The standard InChI is InChI=1S/C54H79N3O8/c1-32(2)43-38(58)29-54(30-42(59)55-31-48(3,4)56-45(60)33-12-14-34(15-13-33)57-24-26-64-27-25-57)23-22-52(10)35(44(43)54)16-17-40-51(9)20-19-41(50(7,8)39(51)18-21-53(40,52)11)65-47(63)37-28-36(46(61)62)49(37,5)6/h12-15,32,35-37,39-41H,16-31H2,1-11H3,(H,55,59)(H,56,60)(H,61,62)/t35?,36-,37+,39-,40+,41-,51-,52+,53+,54-/m0/s1. The smallest absolute Gasteiger partial charge is 0.309 e. The Morgan fingerprint density at radius 3 is 2.15 bits per heavy atom. The second-order valence-corrected chi connectivity index (χ2v) is 24.7. The van der Waals surface area contributed by atoms with Gasteiger partial charge in [0, 0.05) is 54.6 Å². The molecule has 0 radical (unpaired) electrons. The largest absolute Gasteiger partial charge is 0.481 e. The molecule has 1 aromatic carbocycles. The summed E-state index contributed by atoms with van der Waals surface area (Å²) in [6.07, 6.45) is 8.49. The molecule has 7 aliphatic rings. The van der Waals surface area contributed by atoms with Crippen LogP contribution >= 0.6 is 0 Å².